The summed E-state index contributed by atoms with van der Waals surface area (Å²) in [6, 6.07) is 27.0. The number of anilines is 1. The van der Waals surface area contributed by atoms with Crippen LogP contribution in [0, 0.1) is 0 Å². The Labute approximate surface area is 208 Å². The number of nitrogens with one attached hydrogen (secondary N) is 1. The molecule has 0 unspecified atom stereocenters. The average Bonchev–Trinajstić information content (AvgIpc) is 3.47. The van der Waals surface area contributed by atoms with Gasteiger partial charge in [-0.25, -0.2) is 0 Å². The van der Waals surface area contributed by atoms with E-state index >= 15 is 0 Å². The molecule has 7 heteroatoms. The molecule has 0 atom stereocenters. The number of rotatable bonds is 7. The molecular weight excluding hydrogens is 462 g/mol. The highest BCUT2D eigenvalue weighted by molar-refractivity contribution is 6.30. The summed E-state index contributed by atoms with van der Waals surface area (Å²) in [5, 5.41) is 9.75. The lowest BCUT2D eigenvalue weighted by molar-refractivity contribution is -0.136. The van der Waals surface area contributed by atoms with Crippen LogP contribution in [0.2, 0.25) is 5.02 Å². The van der Waals surface area contributed by atoms with Crippen molar-refractivity contribution in [3.05, 3.63) is 112 Å². The Hall–Kier alpha value is -4.03. The molecule has 1 aliphatic heterocycles. The molecule has 0 saturated carbocycles. The number of halogens is 1. The fourth-order valence-electron chi connectivity index (χ4n) is 4.39. The van der Waals surface area contributed by atoms with Crippen LogP contribution in [0.3, 0.4) is 0 Å². The number of carboxylic acid groups (broad SMARTS) is 1. The topological polar surface area (TPSA) is 74.6 Å². The summed E-state index contributed by atoms with van der Waals surface area (Å²) in [5.74, 6) is -1.17. The minimum absolute atomic E-state index is 0.0349. The smallest absolute Gasteiger partial charge is 0.303 e. The zero-order valence-corrected chi connectivity index (χ0v) is 19.7. The highest BCUT2D eigenvalue weighted by Gasteiger charge is 2.19. The molecule has 0 spiro atoms. The first-order valence-electron chi connectivity index (χ1n) is 11.4. The number of benzene rings is 3. The van der Waals surface area contributed by atoms with Gasteiger partial charge in [-0.2, -0.15) is 0 Å². The number of amides is 1. The van der Waals surface area contributed by atoms with E-state index in [0.29, 0.717) is 16.3 Å². The normalized spacial score (nSPS) is 12.4. The third-order valence-corrected chi connectivity index (χ3v) is 6.50. The summed E-state index contributed by atoms with van der Waals surface area (Å²) in [7, 11) is 0. The minimum Gasteiger partial charge on any atom is -0.481 e. The quantitative estimate of drug-likeness (QED) is 0.350. The Balaban J connectivity index is 1.36. The first-order valence-corrected chi connectivity index (χ1v) is 11.8. The van der Waals surface area contributed by atoms with E-state index in [1.54, 1.807) is 16.8 Å². The van der Waals surface area contributed by atoms with Gasteiger partial charge in [0.1, 0.15) is 0 Å². The minimum atomic E-state index is -0.892. The van der Waals surface area contributed by atoms with E-state index in [9.17, 15) is 9.59 Å². The summed E-state index contributed by atoms with van der Waals surface area (Å²) in [4.78, 5) is 26.6. The largest absolute Gasteiger partial charge is 0.481 e. The number of carbonyl (C=O) groups excluding carboxylic acids is 1. The summed E-state index contributed by atoms with van der Waals surface area (Å²) in [6.45, 7) is 1.70. The predicted octanol–water partition coefficient (Wildman–Crippen LogP) is 5.73. The number of hydrogen-bond acceptors (Lipinski definition) is 3. The highest BCUT2D eigenvalue weighted by Crippen LogP contribution is 2.28. The van der Waals surface area contributed by atoms with Crippen LogP contribution in [-0.4, -0.2) is 21.7 Å². The number of aromatic nitrogens is 1. The van der Waals surface area contributed by atoms with Gasteiger partial charge in [-0.3, -0.25) is 19.7 Å². The van der Waals surface area contributed by atoms with Crippen LogP contribution in [-0.2, 0) is 24.3 Å². The molecule has 1 aliphatic rings. The highest BCUT2D eigenvalue weighted by atomic mass is 35.5. The van der Waals surface area contributed by atoms with E-state index in [1.165, 1.54) is 11.1 Å². The fourth-order valence-corrected chi connectivity index (χ4v) is 4.52. The summed E-state index contributed by atoms with van der Waals surface area (Å²) >= 11 is 6.03. The first kappa shape index (κ1) is 22.7. The van der Waals surface area contributed by atoms with Gasteiger partial charge in [-0.05, 0) is 59.7 Å². The molecule has 2 N–H and O–H groups in total. The second-order valence-corrected chi connectivity index (χ2v) is 8.99. The summed E-state index contributed by atoms with van der Waals surface area (Å²) < 4.78 is 1.67. The molecule has 35 heavy (non-hydrogen) atoms. The lowest BCUT2D eigenvalue weighted by Crippen LogP contribution is -2.25. The summed E-state index contributed by atoms with van der Waals surface area (Å²) in [5.41, 5.74) is 9.50. The van der Waals surface area contributed by atoms with E-state index in [4.69, 9.17) is 16.7 Å². The van der Waals surface area contributed by atoms with Crippen LogP contribution >= 0.6 is 11.6 Å². The molecule has 0 aliphatic carbocycles. The Morgan fingerprint density at radius 1 is 0.857 bits per heavy atom. The third kappa shape index (κ3) is 4.93. The van der Waals surface area contributed by atoms with Crippen molar-refractivity contribution in [1.29, 1.82) is 0 Å². The van der Waals surface area contributed by atoms with Crippen molar-refractivity contribution in [2.75, 3.05) is 10.3 Å². The van der Waals surface area contributed by atoms with Crippen molar-refractivity contribution in [1.82, 2.24) is 4.68 Å². The predicted molar refractivity (Wildman–Crippen MR) is 137 cm³/mol. The van der Waals surface area contributed by atoms with Gasteiger partial charge in [-0.1, -0.05) is 48.0 Å². The zero-order valence-electron chi connectivity index (χ0n) is 18.9. The van der Waals surface area contributed by atoms with Crippen LogP contribution in [0.15, 0.2) is 84.9 Å². The Morgan fingerprint density at radius 3 is 2.14 bits per heavy atom. The first-order chi connectivity index (χ1) is 17.0. The second kappa shape index (κ2) is 9.68. The van der Waals surface area contributed by atoms with Crippen molar-refractivity contribution in [2.24, 2.45) is 0 Å². The Kier molecular flexibility index (Phi) is 6.29. The van der Waals surface area contributed by atoms with Gasteiger partial charge in [0.05, 0.1) is 12.1 Å². The van der Waals surface area contributed by atoms with Gasteiger partial charge in [0.15, 0.2) is 0 Å². The lowest BCUT2D eigenvalue weighted by atomic mass is 10.1. The van der Waals surface area contributed by atoms with Gasteiger partial charge in [0, 0.05) is 47.0 Å². The second-order valence-electron chi connectivity index (χ2n) is 8.56. The van der Waals surface area contributed by atoms with Crippen LogP contribution in [0.1, 0.15) is 33.6 Å². The van der Waals surface area contributed by atoms with Gasteiger partial charge in [-0.15, -0.1) is 0 Å². The maximum absolute atomic E-state index is 13.2. The molecule has 0 radical (unpaired) electrons. The number of aryl methyl sites for hydroxylation is 1. The molecule has 3 aromatic carbocycles. The fraction of sp³-hybridized carbons (Fsp3) is 0.143. The van der Waals surface area contributed by atoms with Gasteiger partial charge in [0.25, 0.3) is 5.91 Å². The molecular formula is C28H24ClN3O3. The zero-order chi connectivity index (χ0) is 24.4. The molecule has 0 fully saturated rings. The Bertz CT molecular complexity index is 1350. The van der Waals surface area contributed by atoms with E-state index < -0.39 is 5.97 Å². The number of carboxylic acids is 1. The van der Waals surface area contributed by atoms with Crippen LogP contribution in [0.5, 0.6) is 0 Å². The molecule has 6 nitrogen and oxygen atoms in total. The number of aliphatic carboxylic acids is 1. The lowest BCUT2D eigenvalue weighted by Gasteiger charge is -2.18. The maximum atomic E-state index is 13.2. The number of nitrogens with zero attached hydrogens (tertiary/aromatic N) is 2. The van der Waals surface area contributed by atoms with E-state index in [1.807, 2.05) is 48.5 Å². The van der Waals surface area contributed by atoms with Crippen LogP contribution < -0.4 is 10.3 Å². The Morgan fingerprint density at radius 2 is 1.51 bits per heavy atom. The van der Waals surface area contributed by atoms with Crippen LogP contribution in [0.4, 0.5) is 5.69 Å². The average molecular weight is 486 g/mol. The molecule has 1 amide bonds. The number of hydrogen-bond donors (Lipinski definition) is 2. The molecule has 4 aromatic rings. The van der Waals surface area contributed by atoms with E-state index in [-0.39, 0.29) is 18.7 Å². The van der Waals surface area contributed by atoms with Crippen molar-refractivity contribution in [3.8, 4) is 11.3 Å². The van der Waals surface area contributed by atoms with Crippen molar-refractivity contribution in [2.45, 2.75) is 25.9 Å². The SMILES string of the molecule is O=C(O)CCc1ccc(-c2ccc(Cl)cc2)n1NC(=O)c1ccc(N2Cc3ccccc3C2)cc1. The monoisotopic (exact) mass is 485 g/mol. The van der Waals surface area contributed by atoms with Crippen molar-refractivity contribution < 1.29 is 14.7 Å². The molecule has 2 heterocycles. The molecule has 0 bridgehead atoms. The third-order valence-electron chi connectivity index (χ3n) is 6.25. The van der Waals surface area contributed by atoms with Gasteiger partial charge < -0.3 is 10.0 Å². The van der Waals surface area contributed by atoms with Crippen molar-refractivity contribution in [3.63, 3.8) is 0 Å². The van der Waals surface area contributed by atoms with Gasteiger partial charge >= 0.3 is 5.97 Å². The number of carbonyl (C=O) groups is 2. The summed E-state index contributed by atoms with van der Waals surface area (Å²) in [6.07, 6.45) is 0.254. The number of fused-ring (bicyclic) bond motifs is 1. The van der Waals surface area contributed by atoms with Crippen molar-refractivity contribution >= 4 is 29.2 Å². The van der Waals surface area contributed by atoms with Gasteiger partial charge in [0.2, 0.25) is 0 Å². The van der Waals surface area contributed by atoms with E-state index in [0.717, 1.165) is 30.0 Å². The molecule has 1 aromatic heterocycles. The molecule has 0 saturated heterocycles. The molecule has 176 valence electrons. The molecule has 5 rings (SSSR count). The van der Waals surface area contributed by atoms with E-state index in [2.05, 4.69) is 34.6 Å². The van der Waals surface area contributed by atoms with Crippen LogP contribution in [0.25, 0.3) is 11.3 Å². The standard InChI is InChI=1S/C28H24ClN3O3/c29-23-9-5-19(6-10-23)26-15-13-25(14-16-27(33)34)32(26)30-28(35)20-7-11-24(12-8-20)31-17-21-3-1-2-4-22(21)18-31/h1-13,15H,14,16-18H2,(H,30,35)(H,33,34). The maximum Gasteiger partial charge on any atom is 0.303 e.